The molecule has 0 spiro atoms. The predicted molar refractivity (Wildman–Crippen MR) is 125 cm³/mol. The number of Topliss-reactive ketones (excluding diaryl/α,β-unsaturated/α-hetero) is 1. The van der Waals surface area contributed by atoms with E-state index >= 15 is 0 Å². The van der Waals surface area contributed by atoms with Crippen LogP contribution in [0.1, 0.15) is 55.0 Å². The average molecular weight is 459 g/mol. The molecule has 0 radical (unpaired) electrons. The second-order valence-corrected chi connectivity index (χ2v) is 8.51. The number of nitrogens with zero attached hydrogens (tertiary/aromatic N) is 5. The highest BCUT2D eigenvalue weighted by molar-refractivity contribution is 5.98. The molecular weight excluding hydrogens is 432 g/mol. The van der Waals surface area contributed by atoms with Gasteiger partial charge >= 0.3 is 0 Å². The summed E-state index contributed by atoms with van der Waals surface area (Å²) < 4.78 is 0. The fourth-order valence-corrected chi connectivity index (χ4v) is 4.27. The fraction of sp³-hybridized carbons (Fsp3) is 0.280. The molecule has 1 N–H and O–H groups in total. The molecule has 0 bridgehead atoms. The van der Waals surface area contributed by atoms with Crippen molar-refractivity contribution in [1.82, 2.24) is 30.4 Å². The quantitative estimate of drug-likeness (QED) is 0.544. The van der Waals surface area contributed by atoms with Gasteiger partial charge in [0, 0.05) is 19.5 Å². The number of benzene rings is 2. The van der Waals surface area contributed by atoms with Gasteiger partial charge in [-0.2, -0.15) is 0 Å². The van der Waals surface area contributed by atoms with Crippen LogP contribution in [0, 0.1) is 5.92 Å². The highest BCUT2D eigenvalue weighted by Crippen LogP contribution is 2.38. The molecule has 34 heavy (non-hydrogen) atoms. The molecule has 1 aliphatic rings. The summed E-state index contributed by atoms with van der Waals surface area (Å²) in [6.45, 7) is 5.26. The molecule has 0 fully saturated rings. The number of aromatic nitrogens is 4. The number of rotatable bonds is 7. The van der Waals surface area contributed by atoms with Crippen LogP contribution in [0.4, 0.5) is 0 Å². The Morgan fingerprint density at radius 2 is 1.68 bits per heavy atom. The Labute approximate surface area is 197 Å². The van der Waals surface area contributed by atoms with Crippen LogP contribution < -0.4 is 0 Å². The van der Waals surface area contributed by atoms with Crippen LogP contribution in [-0.4, -0.2) is 54.1 Å². The molecule has 0 saturated heterocycles. The topological polar surface area (TPSA) is 112 Å². The Morgan fingerprint density at radius 1 is 1.03 bits per heavy atom. The number of hydrogen-bond acceptors (Lipinski definition) is 6. The Bertz CT molecular complexity index is 1190. The second kappa shape index (κ2) is 9.78. The van der Waals surface area contributed by atoms with Gasteiger partial charge < -0.3 is 9.80 Å². The van der Waals surface area contributed by atoms with Gasteiger partial charge in [-0.25, -0.2) is 5.10 Å². The van der Waals surface area contributed by atoms with E-state index in [0.29, 0.717) is 5.70 Å². The number of aromatic amines is 1. The van der Waals surface area contributed by atoms with Crippen LogP contribution in [0.2, 0.25) is 0 Å². The van der Waals surface area contributed by atoms with Gasteiger partial charge in [0.1, 0.15) is 6.04 Å². The SMILES string of the molecule is CC(=O)N1C=C(c2ccccc2)N(C(CC(=O)c2nnn[nH]2)c2ccccc2)C(=O)[C@@H]1C(C)C. The minimum Gasteiger partial charge on any atom is -0.304 e. The van der Waals surface area contributed by atoms with E-state index in [1.165, 1.54) is 11.8 Å². The zero-order chi connectivity index (χ0) is 24.2. The van der Waals surface area contributed by atoms with Crippen molar-refractivity contribution >= 4 is 23.3 Å². The monoisotopic (exact) mass is 458 g/mol. The van der Waals surface area contributed by atoms with Crippen LogP contribution in [0.15, 0.2) is 66.9 Å². The van der Waals surface area contributed by atoms with Crippen molar-refractivity contribution in [3.05, 3.63) is 83.8 Å². The molecule has 3 aromatic rings. The number of ketones is 1. The molecule has 4 rings (SSSR count). The number of H-pyrrole nitrogens is 1. The number of carbonyl (C=O) groups is 3. The van der Waals surface area contributed by atoms with Gasteiger partial charge in [0.25, 0.3) is 5.91 Å². The van der Waals surface area contributed by atoms with Gasteiger partial charge in [-0.05, 0) is 27.5 Å². The van der Waals surface area contributed by atoms with Crippen LogP contribution in [0.5, 0.6) is 0 Å². The molecule has 2 amide bonds. The van der Waals surface area contributed by atoms with Crippen molar-refractivity contribution in [2.75, 3.05) is 0 Å². The molecule has 1 unspecified atom stereocenters. The van der Waals surface area contributed by atoms with E-state index in [4.69, 9.17) is 0 Å². The van der Waals surface area contributed by atoms with Crippen molar-refractivity contribution in [2.24, 2.45) is 5.92 Å². The lowest BCUT2D eigenvalue weighted by molar-refractivity contribution is -0.144. The van der Waals surface area contributed by atoms with Crippen LogP contribution in [-0.2, 0) is 9.59 Å². The summed E-state index contributed by atoms with van der Waals surface area (Å²) in [4.78, 5) is 42.8. The Kier molecular flexibility index (Phi) is 6.62. The first-order chi connectivity index (χ1) is 16.4. The van der Waals surface area contributed by atoms with Crippen LogP contribution >= 0.6 is 0 Å². The molecule has 0 saturated carbocycles. The molecule has 174 valence electrons. The van der Waals surface area contributed by atoms with E-state index in [1.807, 2.05) is 74.5 Å². The van der Waals surface area contributed by atoms with E-state index < -0.39 is 12.1 Å². The highest BCUT2D eigenvalue weighted by Gasteiger charge is 2.43. The summed E-state index contributed by atoms with van der Waals surface area (Å²) in [5.41, 5.74) is 2.10. The summed E-state index contributed by atoms with van der Waals surface area (Å²) in [6.07, 6.45) is 1.68. The second-order valence-electron chi connectivity index (χ2n) is 8.51. The number of carbonyl (C=O) groups excluding carboxylic acids is 3. The maximum atomic E-state index is 14.1. The average Bonchev–Trinajstić information content (AvgIpc) is 3.38. The third-order valence-corrected chi connectivity index (χ3v) is 5.86. The maximum Gasteiger partial charge on any atom is 0.251 e. The molecule has 2 heterocycles. The van der Waals surface area contributed by atoms with E-state index in [1.54, 1.807) is 11.1 Å². The molecule has 1 aromatic heterocycles. The lowest BCUT2D eigenvalue weighted by Gasteiger charge is -2.44. The third kappa shape index (κ3) is 4.50. The Balaban J connectivity index is 1.88. The van der Waals surface area contributed by atoms with Crippen molar-refractivity contribution in [3.8, 4) is 0 Å². The number of hydrogen-bond donors (Lipinski definition) is 1. The lowest BCUT2D eigenvalue weighted by atomic mass is 9.92. The summed E-state index contributed by atoms with van der Waals surface area (Å²) >= 11 is 0. The molecule has 1 aliphatic heterocycles. The predicted octanol–water partition coefficient (Wildman–Crippen LogP) is 3.23. The molecular formula is C25H26N6O3. The minimum atomic E-state index is -0.696. The zero-order valence-electron chi connectivity index (χ0n) is 19.3. The first kappa shape index (κ1) is 23.0. The molecule has 0 aliphatic carbocycles. The molecule has 9 heteroatoms. The van der Waals surface area contributed by atoms with Gasteiger partial charge in [0.15, 0.2) is 0 Å². The largest absolute Gasteiger partial charge is 0.304 e. The van der Waals surface area contributed by atoms with Crippen molar-refractivity contribution < 1.29 is 14.4 Å². The standard InChI is InChI=1S/C25H26N6O3/c1-16(2)23-25(34)31(21(15-30(23)17(3)32)19-12-8-5-9-13-19)20(18-10-6-4-7-11-18)14-22(33)24-26-28-29-27-24/h4-13,15-16,20,23H,14H2,1-3H3,(H,26,27,28,29)/t20?,23-/m0/s1. The smallest absolute Gasteiger partial charge is 0.251 e. The van der Waals surface area contributed by atoms with Gasteiger partial charge in [-0.3, -0.25) is 14.4 Å². The van der Waals surface area contributed by atoms with E-state index in [0.717, 1.165) is 11.1 Å². The van der Waals surface area contributed by atoms with Gasteiger partial charge in [-0.15, -0.1) is 5.10 Å². The molecule has 2 atom stereocenters. The summed E-state index contributed by atoms with van der Waals surface area (Å²) in [6, 6.07) is 17.4. The third-order valence-electron chi connectivity index (χ3n) is 5.86. The maximum absolute atomic E-state index is 14.1. The normalized spacial score (nSPS) is 17.0. The van der Waals surface area contributed by atoms with E-state index in [2.05, 4.69) is 20.6 Å². The lowest BCUT2D eigenvalue weighted by Crippen LogP contribution is -2.55. The van der Waals surface area contributed by atoms with E-state index in [9.17, 15) is 14.4 Å². The van der Waals surface area contributed by atoms with Crippen LogP contribution in [0.3, 0.4) is 0 Å². The summed E-state index contributed by atoms with van der Waals surface area (Å²) in [5, 5.41) is 13.3. The van der Waals surface area contributed by atoms with Gasteiger partial charge in [0.05, 0.1) is 11.7 Å². The fourth-order valence-electron chi connectivity index (χ4n) is 4.27. The summed E-state index contributed by atoms with van der Waals surface area (Å²) in [5.74, 6) is -0.905. The molecule has 9 nitrogen and oxygen atoms in total. The Hall–Kier alpha value is -4.14. The number of nitrogens with one attached hydrogen (secondary N) is 1. The highest BCUT2D eigenvalue weighted by atomic mass is 16.2. The molecule has 2 aromatic carbocycles. The van der Waals surface area contributed by atoms with Gasteiger partial charge in [-0.1, -0.05) is 74.5 Å². The van der Waals surface area contributed by atoms with Crippen molar-refractivity contribution in [2.45, 2.75) is 39.3 Å². The summed E-state index contributed by atoms with van der Waals surface area (Å²) in [7, 11) is 0. The van der Waals surface area contributed by atoms with Gasteiger partial charge in [0.2, 0.25) is 17.5 Å². The van der Waals surface area contributed by atoms with Crippen molar-refractivity contribution in [3.63, 3.8) is 0 Å². The first-order valence-electron chi connectivity index (χ1n) is 11.1. The van der Waals surface area contributed by atoms with Crippen molar-refractivity contribution in [1.29, 1.82) is 0 Å². The first-order valence-corrected chi connectivity index (χ1v) is 11.1. The van der Waals surface area contributed by atoms with E-state index in [-0.39, 0.29) is 35.8 Å². The zero-order valence-corrected chi connectivity index (χ0v) is 19.3. The Morgan fingerprint density at radius 3 is 2.24 bits per heavy atom. The number of amides is 2. The number of tetrazole rings is 1. The van der Waals surface area contributed by atoms with Crippen LogP contribution in [0.25, 0.3) is 5.70 Å². The minimum absolute atomic E-state index is 0.0291.